The summed E-state index contributed by atoms with van der Waals surface area (Å²) < 4.78 is 13.6. The number of fused-ring (bicyclic) bond motifs is 2. The van der Waals surface area contributed by atoms with Gasteiger partial charge in [-0.2, -0.15) is 0 Å². The molecule has 0 aliphatic carbocycles. The summed E-state index contributed by atoms with van der Waals surface area (Å²) in [5, 5.41) is 0. The maximum Gasteiger partial charge on any atom is 0.123 e. The Bertz CT molecular complexity index is 1180. The van der Waals surface area contributed by atoms with Gasteiger partial charge in [-0.25, -0.2) is 4.39 Å². The number of aryl methyl sites for hydroxylation is 1. The van der Waals surface area contributed by atoms with Crippen molar-refractivity contribution in [2.45, 2.75) is 57.9 Å². The number of likely N-dealkylation sites (tertiary alicyclic amines) is 1. The van der Waals surface area contributed by atoms with Crippen LogP contribution in [0.5, 0.6) is 0 Å². The van der Waals surface area contributed by atoms with Gasteiger partial charge in [0.25, 0.3) is 0 Å². The Morgan fingerprint density at radius 1 is 1.22 bits per heavy atom. The SMILES string of the molecule is C=CCC(C)c1cc(C(=C)CCCN2CCC(C3=NCc4cc(F)ccc43)C2)cc2c1N(C)CCC2. The van der Waals surface area contributed by atoms with Gasteiger partial charge in [0.05, 0.1) is 6.54 Å². The van der Waals surface area contributed by atoms with E-state index in [4.69, 9.17) is 4.99 Å². The first-order valence-corrected chi connectivity index (χ1v) is 13.7. The highest BCUT2D eigenvalue weighted by Crippen LogP contribution is 2.39. The highest BCUT2D eigenvalue weighted by molar-refractivity contribution is 6.05. The summed E-state index contributed by atoms with van der Waals surface area (Å²) in [6.45, 7) is 15.8. The molecule has 0 aromatic heterocycles. The van der Waals surface area contributed by atoms with E-state index in [9.17, 15) is 4.39 Å². The Balaban J connectivity index is 1.19. The molecule has 1 fully saturated rings. The van der Waals surface area contributed by atoms with E-state index in [1.54, 1.807) is 12.1 Å². The van der Waals surface area contributed by atoms with Crippen molar-refractivity contribution in [2.75, 3.05) is 38.1 Å². The van der Waals surface area contributed by atoms with Crippen LogP contribution in [0.4, 0.5) is 10.1 Å². The molecule has 0 spiro atoms. The number of hydrogen-bond acceptors (Lipinski definition) is 3. The second kappa shape index (κ2) is 10.7. The molecule has 1 saturated heterocycles. The summed E-state index contributed by atoms with van der Waals surface area (Å²) in [7, 11) is 2.23. The topological polar surface area (TPSA) is 18.8 Å². The molecular weight excluding hydrogens is 445 g/mol. The Kier molecular flexibility index (Phi) is 7.43. The molecule has 190 valence electrons. The van der Waals surface area contributed by atoms with Crippen LogP contribution in [0.15, 0.2) is 54.6 Å². The molecule has 2 aromatic carbocycles. The molecule has 0 amide bonds. The molecular formula is C32H40FN3. The normalized spacial score (nSPS) is 20.1. The van der Waals surface area contributed by atoms with Gasteiger partial charge in [0.1, 0.15) is 5.82 Å². The van der Waals surface area contributed by atoms with Crippen LogP contribution in [0.1, 0.15) is 72.8 Å². The average molecular weight is 486 g/mol. The van der Waals surface area contributed by atoms with E-state index in [1.165, 1.54) is 40.1 Å². The zero-order chi connectivity index (χ0) is 25.2. The van der Waals surface area contributed by atoms with Gasteiger partial charge in [-0.15, -0.1) is 6.58 Å². The molecule has 4 heteroatoms. The van der Waals surface area contributed by atoms with Crippen LogP contribution < -0.4 is 4.90 Å². The van der Waals surface area contributed by atoms with Crippen LogP contribution in [0.3, 0.4) is 0 Å². The van der Waals surface area contributed by atoms with Crippen molar-refractivity contribution in [1.82, 2.24) is 4.90 Å². The monoisotopic (exact) mass is 485 g/mol. The number of rotatable bonds is 9. The quantitative estimate of drug-likeness (QED) is 0.356. The van der Waals surface area contributed by atoms with Crippen LogP contribution in [0.2, 0.25) is 0 Å². The van der Waals surface area contributed by atoms with Crippen molar-refractivity contribution in [1.29, 1.82) is 0 Å². The molecule has 3 aliphatic heterocycles. The fourth-order valence-corrected chi connectivity index (χ4v) is 6.42. The van der Waals surface area contributed by atoms with E-state index in [1.807, 2.05) is 12.1 Å². The van der Waals surface area contributed by atoms with Gasteiger partial charge in [0.15, 0.2) is 0 Å². The second-order valence-electron chi connectivity index (χ2n) is 11.0. The standard InChI is InChI=1S/C32H40FN3/c1-5-8-23(3)30-19-26(17-24-10-7-14-35(4)32(24)30)22(2)9-6-15-36-16-13-25(21-36)31-29-12-11-28(33)18-27(29)20-34-31/h5,11-12,17-19,23,25H,1-2,6-10,13-16,20-21H2,3-4H3. The summed E-state index contributed by atoms with van der Waals surface area (Å²) in [4.78, 5) is 9.79. The van der Waals surface area contributed by atoms with E-state index in [0.717, 1.165) is 69.4 Å². The molecule has 0 N–H and O–H groups in total. The van der Waals surface area contributed by atoms with Crippen molar-refractivity contribution < 1.29 is 4.39 Å². The highest BCUT2D eigenvalue weighted by Gasteiger charge is 2.30. The van der Waals surface area contributed by atoms with Crippen molar-refractivity contribution in [3.05, 3.63) is 83.2 Å². The van der Waals surface area contributed by atoms with Crippen LogP contribution in [0, 0.1) is 11.7 Å². The minimum absolute atomic E-state index is 0.160. The third-order valence-corrected chi connectivity index (χ3v) is 8.37. The Hall–Kier alpha value is -2.72. The van der Waals surface area contributed by atoms with Gasteiger partial charge in [-0.3, -0.25) is 4.99 Å². The third kappa shape index (κ3) is 5.06. The van der Waals surface area contributed by atoms with Crippen molar-refractivity contribution in [3.8, 4) is 0 Å². The zero-order valence-electron chi connectivity index (χ0n) is 22.0. The van der Waals surface area contributed by atoms with E-state index in [-0.39, 0.29) is 5.82 Å². The maximum atomic E-state index is 13.6. The fraction of sp³-hybridized carbons (Fsp3) is 0.469. The van der Waals surface area contributed by atoms with E-state index >= 15 is 0 Å². The summed E-state index contributed by atoms with van der Waals surface area (Å²) in [6.07, 6.45) is 8.69. The maximum absolute atomic E-state index is 13.6. The lowest BCUT2D eigenvalue weighted by Crippen LogP contribution is -2.26. The van der Waals surface area contributed by atoms with Gasteiger partial charge in [0.2, 0.25) is 0 Å². The van der Waals surface area contributed by atoms with Gasteiger partial charge in [0, 0.05) is 43.0 Å². The molecule has 3 heterocycles. The lowest BCUT2D eigenvalue weighted by atomic mass is 9.86. The average Bonchev–Trinajstić information content (AvgIpc) is 3.50. The largest absolute Gasteiger partial charge is 0.374 e. The van der Waals surface area contributed by atoms with Crippen molar-refractivity contribution in [2.24, 2.45) is 10.9 Å². The predicted octanol–water partition coefficient (Wildman–Crippen LogP) is 7.01. The van der Waals surface area contributed by atoms with Gasteiger partial charge in [-0.1, -0.05) is 19.6 Å². The lowest BCUT2D eigenvalue weighted by Gasteiger charge is -2.32. The number of nitrogens with zero attached hydrogens (tertiary/aromatic N) is 3. The Labute approximate surface area is 216 Å². The van der Waals surface area contributed by atoms with Crippen LogP contribution in [0.25, 0.3) is 5.57 Å². The van der Waals surface area contributed by atoms with E-state index in [0.29, 0.717) is 18.4 Å². The molecule has 3 nitrogen and oxygen atoms in total. The highest BCUT2D eigenvalue weighted by atomic mass is 19.1. The van der Waals surface area contributed by atoms with Crippen molar-refractivity contribution in [3.63, 3.8) is 0 Å². The van der Waals surface area contributed by atoms with Gasteiger partial charge in [-0.05, 0) is 116 Å². The zero-order valence-corrected chi connectivity index (χ0v) is 22.0. The first-order chi connectivity index (χ1) is 17.4. The molecule has 2 unspecified atom stereocenters. The van der Waals surface area contributed by atoms with Crippen LogP contribution in [-0.4, -0.2) is 43.8 Å². The number of hydrogen-bond donors (Lipinski definition) is 0. The van der Waals surface area contributed by atoms with Gasteiger partial charge >= 0.3 is 0 Å². The summed E-state index contributed by atoms with van der Waals surface area (Å²) in [5.74, 6) is 0.768. The van der Waals surface area contributed by atoms with Crippen LogP contribution in [-0.2, 0) is 13.0 Å². The number of aliphatic imine (C=N–C) groups is 1. The van der Waals surface area contributed by atoms with E-state index < -0.39 is 0 Å². The van der Waals surface area contributed by atoms with Gasteiger partial charge < -0.3 is 9.80 Å². The van der Waals surface area contributed by atoms with Crippen molar-refractivity contribution >= 4 is 17.0 Å². The van der Waals surface area contributed by atoms with Crippen LogP contribution >= 0.6 is 0 Å². The molecule has 0 saturated carbocycles. The minimum Gasteiger partial charge on any atom is -0.374 e. The molecule has 2 aromatic rings. The minimum atomic E-state index is -0.160. The van der Waals surface area contributed by atoms with E-state index in [2.05, 4.69) is 49.1 Å². The molecule has 5 rings (SSSR count). The molecule has 3 aliphatic rings. The fourth-order valence-electron chi connectivity index (χ4n) is 6.42. The summed E-state index contributed by atoms with van der Waals surface area (Å²) in [6, 6.07) is 9.94. The molecule has 0 bridgehead atoms. The Morgan fingerprint density at radius 2 is 2.08 bits per heavy atom. The lowest BCUT2D eigenvalue weighted by molar-refractivity contribution is 0.331. The predicted molar refractivity (Wildman–Crippen MR) is 151 cm³/mol. The smallest absolute Gasteiger partial charge is 0.123 e. The second-order valence-corrected chi connectivity index (χ2v) is 11.0. The summed E-state index contributed by atoms with van der Waals surface area (Å²) >= 11 is 0. The number of anilines is 1. The number of benzene rings is 2. The number of allylic oxidation sites excluding steroid dienone is 2. The third-order valence-electron chi connectivity index (χ3n) is 8.37. The first kappa shape index (κ1) is 25.0. The molecule has 2 atom stereocenters. The summed E-state index contributed by atoms with van der Waals surface area (Å²) in [5.41, 5.74) is 10.3. The number of halogens is 1. The first-order valence-electron chi connectivity index (χ1n) is 13.7. The molecule has 36 heavy (non-hydrogen) atoms. The molecule has 0 radical (unpaired) electrons. The Morgan fingerprint density at radius 3 is 2.92 bits per heavy atom.